The maximum Gasteiger partial charge on any atom is 0.344 e. The lowest BCUT2D eigenvalue weighted by Crippen LogP contribution is -2.10. The maximum absolute atomic E-state index is 12.0. The van der Waals surface area contributed by atoms with Gasteiger partial charge in [-0.25, -0.2) is 13.2 Å². The van der Waals surface area contributed by atoms with E-state index in [1.807, 2.05) is 28.7 Å². The number of halogens is 2. The van der Waals surface area contributed by atoms with Crippen molar-refractivity contribution >= 4 is 61.3 Å². The zero-order valence-electron chi connectivity index (χ0n) is 10.2. The average Bonchev–Trinajstić information content (AvgIpc) is 2.38. The number of rotatable bonds is 3. The average molecular weight is 529 g/mol. The molecule has 0 unspecified atom stereocenters. The van der Waals surface area contributed by atoms with E-state index >= 15 is 0 Å². The Morgan fingerprint density at radius 2 is 1.67 bits per heavy atom. The predicted molar refractivity (Wildman–Crippen MR) is 91.2 cm³/mol. The molecule has 0 radical (unpaired) electrons. The molecule has 8 heteroatoms. The van der Waals surface area contributed by atoms with Crippen molar-refractivity contribution < 1.29 is 22.5 Å². The van der Waals surface area contributed by atoms with Crippen molar-refractivity contribution in [2.45, 2.75) is 4.90 Å². The molecule has 0 saturated carbocycles. The summed E-state index contributed by atoms with van der Waals surface area (Å²) >= 11 is 4.17. The van der Waals surface area contributed by atoms with Crippen LogP contribution >= 0.6 is 45.2 Å². The number of hydrogen-bond acceptors (Lipinski definition) is 5. The van der Waals surface area contributed by atoms with Crippen molar-refractivity contribution in [2.24, 2.45) is 0 Å². The van der Waals surface area contributed by atoms with Crippen LogP contribution in [-0.2, 0) is 10.1 Å². The summed E-state index contributed by atoms with van der Waals surface area (Å²) in [6.07, 6.45) is 0. The Morgan fingerprint density at radius 3 is 2.19 bits per heavy atom. The normalized spacial score (nSPS) is 11.2. The fraction of sp³-hybridized carbons (Fsp3) is 0. The molecule has 2 aromatic rings. The third-order valence-corrected chi connectivity index (χ3v) is 4.89. The van der Waals surface area contributed by atoms with Crippen LogP contribution in [0.5, 0.6) is 5.75 Å². The fourth-order valence-corrected chi connectivity index (χ4v) is 3.78. The zero-order valence-corrected chi connectivity index (χ0v) is 15.4. The van der Waals surface area contributed by atoms with E-state index in [1.54, 1.807) is 12.1 Å². The molecule has 0 aliphatic rings. The third kappa shape index (κ3) is 4.37. The molecule has 0 saturated heterocycles. The van der Waals surface area contributed by atoms with Crippen molar-refractivity contribution in [1.29, 1.82) is 0 Å². The molecule has 21 heavy (non-hydrogen) atoms. The SMILES string of the molecule is O=C(Oc1ccc(S(=O)(=O)[O-])cc1)c1ccc(I)cc1I. The molecule has 0 spiro atoms. The molecule has 2 rings (SSSR count). The molecule has 110 valence electrons. The molecule has 0 aliphatic carbocycles. The van der Waals surface area contributed by atoms with Crippen LogP contribution in [0.2, 0.25) is 0 Å². The summed E-state index contributed by atoms with van der Waals surface area (Å²) in [5.74, 6) is -0.379. The Hall–Kier alpha value is -0.720. The first-order chi connectivity index (χ1) is 9.77. The first-order valence-corrected chi connectivity index (χ1v) is 9.07. The lowest BCUT2D eigenvalue weighted by Gasteiger charge is -2.09. The monoisotopic (exact) mass is 529 g/mol. The van der Waals surface area contributed by atoms with Gasteiger partial charge in [0.15, 0.2) is 0 Å². The van der Waals surface area contributed by atoms with Gasteiger partial charge in [0.2, 0.25) is 0 Å². The van der Waals surface area contributed by atoms with Crippen LogP contribution in [0.1, 0.15) is 10.4 Å². The van der Waals surface area contributed by atoms with Crippen LogP contribution in [0.3, 0.4) is 0 Å². The lowest BCUT2D eigenvalue weighted by molar-refractivity contribution is 0.0733. The van der Waals surface area contributed by atoms with Crippen molar-refractivity contribution in [2.75, 3.05) is 0 Å². The second kappa shape index (κ2) is 6.58. The van der Waals surface area contributed by atoms with Gasteiger partial charge < -0.3 is 9.29 Å². The maximum atomic E-state index is 12.0. The second-order valence-corrected chi connectivity index (χ2v) is 7.73. The van der Waals surface area contributed by atoms with Crippen molar-refractivity contribution in [3.63, 3.8) is 0 Å². The predicted octanol–water partition coefficient (Wildman–Crippen LogP) is 3.02. The minimum Gasteiger partial charge on any atom is -0.744 e. The molecule has 5 nitrogen and oxygen atoms in total. The van der Waals surface area contributed by atoms with Crippen LogP contribution in [0.15, 0.2) is 47.4 Å². The molecule has 0 bridgehead atoms. The minimum atomic E-state index is -4.50. The van der Waals surface area contributed by atoms with Gasteiger partial charge in [-0.2, -0.15) is 0 Å². The number of benzene rings is 2. The highest BCUT2D eigenvalue weighted by Crippen LogP contribution is 2.20. The molecule has 0 aromatic heterocycles. The topological polar surface area (TPSA) is 83.5 Å². The Bertz CT molecular complexity index is 785. The fourth-order valence-electron chi connectivity index (χ4n) is 1.49. The largest absolute Gasteiger partial charge is 0.744 e. The summed E-state index contributed by atoms with van der Waals surface area (Å²) in [5.41, 5.74) is 0.413. The van der Waals surface area contributed by atoms with E-state index in [0.717, 1.165) is 19.3 Å². The van der Waals surface area contributed by atoms with Gasteiger partial charge in [-0.1, -0.05) is 0 Å². The molecule has 0 N–H and O–H groups in total. The number of esters is 1. The van der Waals surface area contributed by atoms with E-state index in [2.05, 4.69) is 22.6 Å². The summed E-state index contributed by atoms with van der Waals surface area (Å²) in [5, 5.41) is 0. The van der Waals surface area contributed by atoms with Gasteiger partial charge in [-0.05, 0) is 87.6 Å². The van der Waals surface area contributed by atoms with E-state index in [4.69, 9.17) is 4.74 Å². The summed E-state index contributed by atoms with van der Waals surface area (Å²) in [6.45, 7) is 0. The highest BCUT2D eigenvalue weighted by Gasteiger charge is 2.13. The summed E-state index contributed by atoms with van der Waals surface area (Å²) in [7, 11) is -4.50. The molecule has 0 atom stereocenters. The molecule has 0 amide bonds. The van der Waals surface area contributed by atoms with Gasteiger partial charge >= 0.3 is 5.97 Å². The molecule has 0 aliphatic heterocycles. The van der Waals surface area contributed by atoms with E-state index in [-0.39, 0.29) is 10.6 Å². The van der Waals surface area contributed by atoms with Crippen LogP contribution in [0, 0.1) is 7.14 Å². The van der Waals surface area contributed by atoms with Crippen molar-refractivity contribution in [3.05, 3.63) is 55.2 Å². The lowest BCUT2D eigenvalue weighted by atomic mass is 10.2. The third-order valence-electron chi connectivity index (χ3n) is 2.47. The Labute approximate surface area is 148 Å². The van der Waals surface area contributed by atoms with Gasteiger partial charge in [0, 0.05) is 7.14 Å². The number of carbonyl (C=O) groups is 1. The Morgan fingerprint density at radius 1 is 1.05 bits per heavy atom. The van der Waals surface area contributed by atoms with Gasteiger partial charge in [-0.3, -0.25) is 0 Å². The first-order valence-electron chi connectivity index (χ1n) is 5.50. The smallest absolute Gasteiger partial charge is 0.344 e. The zero-order chi connectivity index (χ0) is 15.6. The molecular weight excluding hydrogens is 522 g/mol. The Balaban J connectivity index is 2.20. The van der Waals surface area contributed by atoms with Crippen LogP contribution < -0.4 is 4.74 Å². The van der Waals surface area contributed by atoms with Crippen LogP contribution in [0.25, 0.3) is 0 Å². The molecule has 2 aromatic carbocycles. The highest BCUT2D eigenvalue weighted by molar-refractivity contribution is 14.1. The van der Waals surface area contributed by atoms with Gasteiger partial charge in [0.1, 0.15) is 15.9 Å². The van der Waals surface area contributed by atoms with Gasteiger partial charge in [0.05, 0.1) is 10.5 Å². The quantitative estimate of drug-likeness (QED) is 0.265. The number of carbonyl (C=O) groups excluding carboxylic acids is 1. The van der Waals surface area contributed by atoms with E-state index in [0.29, 0.717) is 5.56 Å². The second-order valence-electron chi connectivity index (χ2n) is 3.94. The summed E-state index contributed by atoms with van der Waals surface area (Å²) < 4.78 is 39.3. The van der Waals surface area contributed by atoms with E-state index in [9.17, 15) is 17.8 Å². The molecule has 0 fully saturated rings. The van der Waals surface area contributed by atoms with Crippen molar-refractivity contribution in [1.82, 2.24) is 0 Å². The van der Waals surface area contributed by atoms with E-state index in [1.165, 1.54) is 12.1 Å². The number of hydrogen-bond donors (Lipinski definition) is 0. The highest BCUT2D eigenvalue weighted by atomic mass is 127. The van der Waals surface area contributed by atoms with Crippen LogP contribution in [0.4, 0.5) is 0 Å². The number of ether oxygens (including phenoxy) is 1. The summed E-state index contributed by atoms with van der Waals surface area (Å²) in [4.78, 5) is 11.6. The standard InChI is InChI=1S/C13H8I2O5S/c14-8-1-6-11(12(15)7-8)13(16)20-9-2-4-10(5-3-9)21(17,18)19/h1-7H,(H,17,18,19)/p-1. The van der Waals surface area contributed by atoms with Gasteiger partial charge in [0.25, 0.3) is 0 Å². The molecule has 0 heterocycles. The van der Waals surface area contributed by atoms with E-state index < -0.39 is 16.1 Å². The first kappa shape index (κ1) is 16.6. The Kier molecular flexibility index (Phi) is 5.22. The van der Waals surface area contributed by atoms with Crippen LogP contribution in [-0.4, -0.2) is 18.9 Å². The van der Waals surface area contributed by atoms with Gasteiger partial charge in [-0.15, -0.1) is 0 Å². The summed E-state index contributed by atoms with van der Waals surface area (Å²) in [6, 6.07) is 10.0. The molecular formula is C13H7I2O5S-. The minimum absolute atomic E-state index is 0.168. The van der Waals surface area contributed by atoms with Crippen molar-refractivity contribution in [3.8, 4) is 5.75 Å².